The summed E-state index contributed by atoms with van der Waals surface area (Å²) in [5, 5.41) is 2.04. The molecule has 94 valence electrons. The van der Waals surface area contributed by atoms with Crippen LogP contribution in [-0.4, -0.2) is 9.97 Å². The summed E-state index contributed by atoms with van der Waals surface area (Å²) in [5.41, 5.74) is 8.35. The van der Waals surface area contributed by atoms with Crippen LogP contribution in [-0.2, 0) is 0 Å². The predicted octanol–water partition coefficient (Wildman–Crippen LogP) is 4.22. The molecule has 0 bridgehead atoms. The molecule has 3 nitrogen and oxygen atoms in total. The molecule has 3 aromatic rings. The van der Waals surface area contributed by atoms with Crippen molar-refractivity contribution in [2.45, 2.75) is 0 Å². The second-order valence-corrected chi connectivity index (χ2v) is 5.85. The van der Waals surface area contributed by atoms with E-state index in [4.69, 9.17) is 5.73 Å². The Morgan fingerprint density at radius 3 is 2.79 bits per heavy atom. The minimum absolute atomic E-state index is 0.689. The van der Waals surface area contributed by atoms with E-state index in [0.29, 0.717) is 11.5 Å². The highest BCUT2D eigenvalue weighted by Crippen LogP contribution is 2.29. The van der Waals surface area contributed by atoms with Gasteiger partial charge >= 0.3 is 0 Å². The normalized spacial score (nSPS) is 10.6. The Bertz CT molecular complexity index is 724. The van der Waals surface area contributed by atoms with E-state index in [0.717, 1.165) is 20.6 Å². The molecule has 2 N–H and O–H groups in total. The molecule has 0 fully saturated rings. The Labute approximate surface area is 123 Å². The molecule has 2 heterocycles. The summed E-state index contributed by atoms with van der Waals surface area (Å²) in [4.78, 5) is 10.0. The molecule has 0 saturated heterocycles. The fourth-order valence-electron chi connectivity index (χ4n) is 1.76. The van der Waals surface area contributed by atoms with Gasteiger partial charge in [0.05, 0.1) is 10.6 Å². The standard InChI is InChI=1S/C14H10BrN3S/c15-10-7-13(19-8-10)12-4-5-17-14(18-12)9-2-1-3-11(16)6-9/h1-8H,16H2. The van der Waals surface area contributed by atoms with E-state index in [2.05, 4.69) is 32.0 Å². The van der Waals surface area contributed by atoms with Crippen molar-refractivity contribution in [2.75, 3.05) is 5.73 Å². The lowest BCUT2D eigenvalue weighted by molar-refractivity contribution is 1.18. The lowest BCUT2D eigenvalue weighted by Crippen LogP contribution is -1.92. The van der Waals surface area contributed by atoms with E-state index in [1.54, 1.807) is 17.5 Å². The van der Waals surface area contributed by atoms with E-state index in [9.17, 15) is 0 Å². The van der Waals surface area contributed by atoms with Crippen molar-refractivity contribution in [3.05, 3.63) is 52.4 Å². The van der Waals surface area contributed by atoms with Crippen molar-refractivity contribution in [2.24, 2.45) is 0 Å². The molecule has 0 aliphatic heterocycles. The average Bonchev–Trinajstić information content (AvgIpc) is 2.86. The predicted molar refractivity (Wildman–Crippen MR) is 82.9 cm³/mol. The Morgan fingerprint density at radius 2 is 2.05 bits per heavy atom. The van der Waals surface area contributed by atoms with Crippen LogP contribution in [0.3, 0.4) is 0 Å². The Kier molecular flexibility index (Phi) is 3.31. The van der Waals surface area contributed by atoms with Crippen LogP contribution in [0.2, 0.25) is 0 Å². The van der Waals surface area contributed by atoms with E-state index < -0.39 is 0 Å². The zero-order chi connectivity index (χ0) is 13.2. The highest BCUT2D eigenvalue weighted by atomic mass is 79.9. The summed E-state index contributed by atoms with van der Waals surface area (Å²) < 4.78 is 1.07. The number of nitrogens with two attached hydrogens (primary N) is 1. The summed E-state index contributed by atoms with van der Waals surface area (Å²) in [6.45, 7) is 0. The summed E-state index contributed by atoms with van der Waals surface area (Å²) in [6.07, 6.45) is 1.77. The molecular formula is C14H10BrN3S. The Balaban J connectivity index is 2.05. The highest BCUT2D eigenvalue weighted by molar-refractivity contribution is 9.10. The maximum atomic E-state index is 5.79. The molecular weight excluding hydrogens is 322 g/mol. The van der Waals surface area contributed by atoms with E-state index >= 15 is 0 Å². The molecule has 2 aromatic heterocycles. The Morgan fingerprint density at radius 1 is 1.16 bits per heavy atom. The molecule has 19 heavy (non-hydrogen) atoms. The third kappa shape index (κ3) is 2.67. The maximum absolute atomic E-state index is 5.79. The molecule has 0 aliphatic carbocycles. The molecule has 1 aromatic carbocycles. The number of hydrogen-bond donors (Lipinski definition) is 1. The monoisotopic (exact) mass is 331 g/mol. The van der Waals surface area contributed by atoms with Crippen molar-refractivity contribution in [3.8, 4) is 22.0 Å². The molecule has 3 rings (SSSR count). The van der Waals surface area contributed by atoms with Gasteiger partial charge in [0.1, 0.15) is 0 Å². The van der Waals surface area contributed by atoms with Gasteiger partial charge in [0, 0.05) is 27.3 Å². The van der Waals surface area contributed by atoms with Gasteiger partial charge in [-0.05, 0) is 40.2 Å². The van der Waals surface area contributed by atoms with Crippen LogP contribution in [0.5, 0.6) is 0 Å². The summed E-state index contributed by atoms with van der Waals surface area (Å²) >= 11 is 5.10. The van der Waals surface area contributed by atoms with Crippen molar-refractivity contribution < 1.29 is 0 Å². The van der Waals surface area contributed by atoms with Gasteiger partial charge in [-0.25, -0.2) is 9.97 Å². The van der Waals surface area contributed by atoms with Gasteiger partial charge in [-0.3, -0.25) is 0 Å². The second kappa shape index (κ2) is 5.11. The molecule has 0 atom stereocenters. The number of rotatable bonds is 2. The zero-order valence-corrected chi connectivity index (χ0v) is 12.3. The first kappa shape index (κ1) is 12.3. The zero-order valence-electron chi connectivity index (χ0n) is 9.88. The number of thiophene rings is 1. The quantitative estimate of drug-likeness (QED) is 0.715. The molecule has 0 aliphatic rings. The molecule has 0 radical (unpaired) electrons. The van der Waals surface area contributed by atoms with Crippen molar-refractivity contribution >= 4 is 33.0 Å². The Hall–Kier alpha value is -1.72. The fraction of sp³-hybridized carbons (Fsp3) is 0. The molecule has 0 spiro atoms. The van der Waals surface area contributed by atoms with Crippen molar-refractivity contribution in [3.63, 3.8) is 0 Å². The second-order valence-electron chi connectivity index (χ2n) is 4.02. The number of halogens is 1. The van der Waals surface area contributed by atoms with E-state index in [1.807, 2.05) is 35.7 Å². The maximum Gasteiger partial charge on any atom is 0.159 e. The minimum Gasteiger partial charge on any atom is -0.399 e. The van der Waals surface area contributed by atoms with Crippen LogP contribution >= 0.6 is 27.3 Å². The van der Waals surface area contributed by atoms with Crippen LogP contribution in [0.1, 0.15) is 0 Å². The van der Waals surface area contributed by atoms with Gasteiger partial charge in [-0.2, -0.15) is 0 Å². The van der Waals surface area contributed by atoms with Crippen LogP contribution in [0.25, 0.3) is 22.0 Å². The van der Waals surface area contributed by atoms with Crippen LogP contribution in [0.15, 0.2) is 52.4 Å². The lowest BCUT2D eigenvalue weighted by atomic mass is 10.2. The largest absolute Gasteiger partial charge is 0.399 e. The summed E-state index contributed by atoms with van der Waals surface area (Å²) in [7, 11) is 0. The number of nitrogen functional groups attached to an aromatic ring is 1. The van der Waals surface area contributed by atoms with Gasteiger partial charge in [-0.15, -0.1) is 11.3 Å². The molecule has 0 saturated carbocycles. The molecule has 0 amide bonds. The summed E-state index contributed by atoms with van der Waals surface area (Å²) in [6, 6.07) is 11.6. The average molecular weight is 332 g/mol. The van der Waals surface area contributed by atoms with Crippen LogP contribution < -0.4 is 5.73 Å². The lowest BCUT2D eigenvalue weighted by Gasteiger charge is -2.03. The highest BCUT2D eigenvalue weighted by Gasteiger charge is 2.06. The van der Waals surface area contributed by atoms with Gasteiger partial charge in [0.2, 0.25) is 0 Å². The third-order valence-electron chi connectivity index (χ3n) is 2.62. The number of nitrogens with zero attached hydrogens (tertiary/aromatic N) is 2. The van der Waals surface area contributed by atoms with Crippen molar-refractivity contribution in [1.29, 1.82) is 0 Å². The first-order valence-electron chi connectivity index (χ1n) is 5.66. The van der Waals surface area contributed by atoms with Crippen LogP contribution in [0.4, 0.5) is 5.69 Å². The van der Waals surface area contributed by atoms with E-state index in [1.165, 1.54) is 0 Å². The van der Waals surface area contributed by atoms with Crippen LogP contribution in [0, 0.1) is 0 Å². The van der Waals surface area contributed by atoms with Crippen molar-refractivity contribution in [1.82, 2.24) is 9.97 Å². The topological polar surface area (TPSA) is 51.8 Å². The van der Waals surface area contributed by atoms with Gasteiger partial charge in [-0.1, -0.05) is 12.1 Å². The SMILES string of the molecule is Nc1cccc(-c2nccc(-c3cc(Br)cs3)n2)c1. The summed E-state index contributed by atoms with van der Waals surface area (Å²) in [5.74, 6) is 0.689. The first-order valence-corrected chi connectivity index (χ1v) is 7.33. The fourth-order valence-corrected chi connectivity index (χ4v) is 3.16. The molecule has 0 unspecified atom stereocenters. The molecule has 5 heteroatoms. The number of benzene rings is 1. The van der Waals surface area contributed by atoms with Gasteiger partial charge in [0.15, 0.2) is 5.82 Å². The number of aromatic nitrogens is 2. The first-order chi connectivity index (χ1) is 9.22. The van der Waals surface area contributed by atoms with Gasteiger partial charge < -0.3 is 5.73 Å². The number of hydrogen-bond acceptors (Lipinski definition) is 4. The van der Waals surface area contributed by atoms with Gasteiger partial charge in [0.25, 0.3) is 0 Å². The minimum atomic E-state index is 0.689. The van der Waals surface area contributed by atoms with E-state index in [-0.39, 0.29) is 0 Å². The smallest absolute Gasteiger partial charge is 0.159 e. The third-order valence-corrected chi connectivity index (χ3v) is 4.33. The number of anilines is 1.